The minimum Gasteiger partial charge on any atom is -0.468 e. The SMILES string of the molecule is Bc1cc(OCOC)cc(N2CCC(C)(C)C2)c1. The van der Waals surface area contributed by atoms with Gasteiger partial charge in [0.1, 0.15) is 13.6 Å². The first-order valence-electron chi connectivity index (χ1n) is 6.48. The summed E-state index contributed by atoms with van der Waals surface area (Å²) in [7, 11) is 3.74. The molecule has 0 spiro atoms. The van der Waals surface area contributed by atoms with Gasteiger partial charge in [0, 0.05) is 32.0 Å². The number of hydrogen-bond acceptors (Lipinski definition) is 3. The van der Waals surface area contributed by atoms with Crippen LogP contribution in [-0.2, 0) is 4.74 Å². The van der Waals surface area contributed by atoms with E-state index in [-0.39, 0.29) is 0 Å². The summed E-state index contributed by atoms with van der Waals surface area (Å²) in [5.41, 5.74) is 2.90. The standard InChI is InChI=1S/C14H22BNO2/c1-14(2)4-5-16(9-14)12-6-11(15)7-13(8-12)18-10-17-3/h6-8H,4-5,9-10,15H2,1-3H3. The summed E-state index contributed by atoms with van der Waals surface area (Å²) in [4.78, 5) is 2.44. The van der Waals surface area contributed by atoms with Crippen molar-refractivity contribution in [3.63, 3.8) is 0 Å². The highest BCUT2D eigenvalue weighted by Crippen LogP contribution is 2.33. The molecule has 1 aromatic carbocycles. The van der Waals surface area contributed by atoms with Crippen molar-refractivity contribution in [1.82, 2.24) is 0 Å². The number of hydrogen-bond donors (Lipinski definition) is 0. The van der Waals surface area contributed by atoms with Crippen LogP contribution in [0.4, 0.5) is 5.69 Å². The first-order chi connectivity index (χ1) is 8.50. The molecule has 3 nitrogen and oxygen atoms in total. The molecular weight excluding hydrogens is 225 g/mol. The van der Waals surface area contributed by atoms with Crippen molar-refractivity contribution in [2.24, 2.45) is 5.41 Å². The van der Waals surface area contributed by atoms with Crippen LogP contribution in [0.5, 0.6) is 5.75 Å². The van der Waals surface area contributed by atoms with Gasteiger partial charge < -0.3 is 14.4 Å². The van der Waals surface area contributed by atoms with Gasteiger partial charge in [-0.2, -0.15) is 0 Å². The van der Waals surface area contributed by atoms with E-state index in [2.05, 4.69) is 38.7 Å². The number of ether oxygens (including phenoxy) is 2. The fourth-order valence-electron chi connectivity index (χ4n) is 2.45. The van der Waals surface area contributed by atoms with Crippen molar-refractivity contribution in [3.8, 4) is 5.75 Å². The van der Waals surface area contributed by atoms with Gasteiger partial charge in [-0.05, 0) is 24.0 Å². The average Bonchev–Trinajstić information content (AvgIpc) is 2.66. The van der Waals surface area contributed by atoms with Crippen LogP contribution in [0, 0.1) is 5.41 Å². The summed E-state index contributed by atoms with van der Waals surface area (Å²) in [6.07, 6.45) is 1.25. The summed E-state index contributed by atoms with van der Waals surface area (Å²) >= 11 is 0. The predicted molar refractivity (Wildman–Crippen MR) is 77.7 cm³/mol. The quantitative estimate of drug-likeness (QED) is 0.588. The van der Waals surface area contributed by atoms with Crippen LogP contribution in [0.1, 0.15) is 20.3 Å². The van der Waals surface area contributed by atoms with E-state index < -0.39 is 0 Å². The smallest absolute Gasteiger partial charge is 0.188 e. The molecule has 0 unspecified atom stereocenters. The maximum absolute atomic E-state index is 5.54. The van der Waals surface area contributed by atoms with Crippen LogP contribution in [-0.4, -0.2) is 34.8 Å². The summed E-state index contributed by atoms with van der Waals surface area (Å²) in [5.74, 6) is 0.886. The molecule has 0 aromatic heterocycles. The van der Waals surface area contributed by atoms with Gasteiger partial charge in [0.25, 0.3) is 0 Å². The normalized spacial score (nSPS) is 18.1. The fourth-order valence-corrected chi connectivity index (χ4v) is 2.45. The number of methoxy groups -OCH3 is 1. The largest absolute Gasteiger partial charge is 0.468 e. The van der Waals surface area contributed by atoms with Gasteiger partial charge in [-0.25, -0.2) is 0 Å². The van der Waals surface area contributed by atoms with Crippen molar-refractivity contribution < 1.29 is 9.47 Å². The molecule has 2 rings (SSSR count). The Kier molecular flexibility index (Phi) is 3.86. The second kappa shape index (κ2) is 5.23. The number of benzene rings is 1. The van der Waals surface area contributed by atoms with Crippen molar-refractivity contribution in [2.75, 3.05) is 31.9 Å². The first kappa shape index (κ1) is 13.3. The van der Waals surface area contributed by atoms with E-state index in [0.717, 1.165) is 18.8 Å². The van der Waals surface area contributed by atoms with Crippen molar-refractivity contribution >= 4 is 19.0 Å². The van der Waals surface area contributed by atoms with E-state index in [1.165, 1.54) is 17.6 Å². The van der Waals surface area contributed by atoms with Gasteiger partial charge in [0.05, 0.1) is 0 Å². The fraction of sp³-hybridized carbons (Fsp3) is 0.571. The Balaban J connectivity index is 2.15. The van der Waals surface area contributed by atoms with Gasteiger partial charge in [-0.3, -0.25) is 0 Å². The molecule has 0 radical (unpaired) electrons. The molecule has 0 bridgehead atoms. The summed E-state index contributed by atoms with van der Waals surface area (Å²) in [5, 5.41) is 0. The molecule has 4 heteroatoms. The molecule has 0 amide bonds. The lowest BCUT2D eigenvalue weighted by Gasteiger charge is -2.22. The Morgan fingerprint density at radius 1 is 1.33 bits per heavy atom. The van der Waals surface area contributed by atoms with E-state index in [1.54, 1.807) is 7.11 Å². The van der Waals surface area contributed by atoms with Crippen LogP contribution >= 0.6 is 0 Å². The highest BCUT2D eigenvalue weighted by atomic mass is 16.7. The minimum absolute atomic E-state index is 0.300. The highest BCUT2D eigenvalue weighted by molar-refractivity contribution is 6.32. The first-order valence-corrected chi connectivity index (χ1v) is 6.48. The Bertz CT molecular complexity index is 420. The van der Waals surface area contributed by atoms with E-state index in [4.69, 9.17) is 9.47 Å². The Morgan fingerprint density at radius 2 is 2.11 bits per heavy atom. The monoisotopic (exact) mass is 247 g/mol. The minimum atomic E-state index is 0.300. The van der Waals surface area contributed by atoms with Gasteiger partial charge in [0.2, 0.25) is 0 Å². The number of nitrogens with zero attached hydrogens (tertiary/aromatic N) is 1. The number of anilines is 1. The zero-order chi connectivity index (χ0) is 13.2. The van der Waals surface area contributed by atoms with Crippen molar-refractivity contribution in [2.45, 2.75) is 20.3 Å². The van der Waals surface area contributed by atoms with Crippen LogP contribution in [0.2, 0.25) is 0 Å². The molecule has 1 aliphatic rings. The Morgan fingerprint density at radius 3 is 2.72 bits per heavy atom. The molecule has 1 saturated heterocycles. The third kappa shape index (κ3) is 3.19. The third-order valence-corrected chi connectivity index (χ3v) is 3.42. The molecule has 98 valence electrons. The molecule has 0 aliphatic carbocycles. The van der Waals surface area contributed by atoms with E-state index in [0.29, 0.717) is 12.2 Å². The molecular formula is C14H22BNO2. The van der Waals surface area contributed by atoms with E-state index >= 15 is 0 Å². The lowest BCUT2D eigenvalue weighted by atomic mass is 9.93. The second-order valence-corrected chi connectivity index (χ2v) is 5.89. The van der Waals surface area contributed by atoms with Crippen LogP contribution in [0.15, 0.2) is 18.2 Å². The van der Waals surface area contributed by atoms with Gasteiger partial charge in [-0.1, -0.05) is 19.3 Å². The molecule has 0 atom stereocenters. The van der Waals surface area contributed by atoms with Gasteiger partial charge >= 0.3 is 0 Å². The van der Waals surface area contributed by atoms with E-state index in [9.17, 15) is 0 Å². The maximum atomic E-state index is 5.54. The zero-order valence-corrected chi connectivity index (χ0v) is 11.8. The van der Waals surface area contributed by atoms with Gasteiger partial charge in [-0.15, -0.1) is 0 Å². The Hall–Kier alpha value is -1.16. The predicted octanol–water partition coefficient (Wildman–Crippen LogP) is 1.16. The summed E-state index contributed by atoms with van der Waals surface area (Å²) in [6.45, 7) is 7.19. The van der Waals surface area contributed by atoms with Crippen molar-refractivity contribution in [3.05, 3.63) is 18.2 Å². The highest BCUT2D eigenvalue weighted by Gasteiger charge is 2.29. The topological polar surface area (TPSA) is 21.7 Å². The maximum Gasteiger partial charge on any atom is 0.188 e. The van der Waals surface area contributed by atoms with Crippen LogP contribution in [0.3, 0.4) is 0 Å². The lowest BCUT2D eigenvalue weighted by molar-refractivity contribution is 0.0512. The van der Waals surface area contributed by atoms with Crippen LogP contribution in [0.25, 0.3) is 0 Å². The molecule has 1 aromatic rings. The summed E-state index contributed by atoms with van der Waals surface area (Å²) in [6, 6.07) is 6.37. The Labute approximate surface area is 110 Å². The lowest BCUT2D eigenvalue weighted by Crippen LogP contribution is -2.23. The second-order valence-electron chi connectivity index (χ2n) is 5.89. The average molecular weight is 247 g/mol. The molecule has 0 saturated carbocycles. The van der Waals surface area contributed by atoms with Crippen molar-refractivity contribution in [1.29, 1.82) is 0 Å². The van der Waals surface area contributed by atoms with Crippen LogP contribution < -0.4 is 15.1 Å². The third-order valence-electron chi connectivity index (χ3n) is 3.42. The molecule has 18 heavy (non-hydrogen) atoms. The molecule has 0 N–H and O–H groups in total. The molecule has 1 heterocycles. The molecule has 1 fully saturated rings. The summed E-state index contributed by atoms with van der Waals surface area (Å²) < 4.78 is 10.5. The zero-order valence-electron chi connectivity index (χ0n) is 11.8. The van der Waals surface area contributed by atoms with Gasteiger partial charge in [0.15, 0.2) is 6.79 Å². The molecule has 1 aliphatic heterocycles. The number of rotatable bonds is 4. The van der Waals surface area contributed by atoms with E-state index in [1.807, 2.05) is 6.07 Å².